The van der Waals surface area contributed by atoms with Crippen LogP contribution in [-0.2, 0) is 6.42 Å². The van der Waals surface area contributed by atoms with E-state index in [2.05, 4.69) is 76.7 Å². The third-order valence-corrected chi connectivity index (χ3v) is 5.56. The van der Waals surface area contributed by atoms with E-state index in [0.29, 0.717) is 11.2 Å². The third kappa shape index (κ3) is 3.17. The van der Waals surface area contributed by atoms with Gasteiger partial charge in [-0.3, -0.25) is 0 Å². The van der Waals surface area contributed by atoms with E-state index in [0.717, 1.165) is 23.0 Å². The predicted octanol–water partition coefficient (Wildman–Crippen LogP) is 4.68. The van der Waals surface area contributed by atoms with Gasteiger partial charge in [0, 0.05) is 10.8 Å². The van der Waals surface area contributed by atoms with Crippen LogP contribution in [0, 0.1) is 0 Å². The maximum absolute atomic E-state index is 4.30. The number of benzene rings is 2. The molecular formula is C19H19N3S. The first-order valence-electron chi connectivity index (χ1n) is 8.07. The van der Waals surface area contributed by atoms with Gasteiger partial charge in [-0.1, -0.05) is 73.3 Å². The topological polar surface area (TPSA) is 41.6 Å². The summed E-state index contributed by atoms with van der Waals surface area (Å²) in [4.78, 5) is 3.35. The molecule has 2 unspecified atom stereocenters. The Hall–Kier alpha value is -2.07. The van der Waals surface area contributed by atoms with Crippen LogP contribution in [0.4, 0.5) is 0 Å². The van der Waals surface area contributed by atoms with Crippen LogP contribution in [0.1, 0.15) is 30.4 Å². The minimum atomic E-state index is 0.612. The fraction of sp³-hybridized carbons (Fsp3) is 0.263. The lowest BCUT2D eigenvalue weighted by Crippen LogP contribution is -1.85. The molecule has 23 heavy (non-hydrogen) atoms. The number of rotatable bonds is 5. The monoisotopic (exact) mass is 321 g/mol. The molecule has 116 valence electrons. The first-order valence-corrected chi connectivity index (χ1v) is 8.95. The van der Waals surface area contributed by atoms with Crippen molar-refractivity contribution in [2.45, 2.75) is 36.1 Å². The van der Waals surface area contributed by atoms with Crippen LogP contribution < -0.4 is 0 Å². The summed E-state index contributed by atoms with van der Waals surface area (Å²) in [5, 5.41) is 10.1. The van der Waals surface area contributed by atoms with E-state index >= 15 is 0 Å². The molecule has 1 aliphatic rings. The molecule has 1 N–H and O–H groups in total. The zero-order chi connectivity index (χ0) is 15.6. The lowest BCUT2D eigenvalue weighted by atomic mass is 10.1. The smallest absolute Gasteiger partial charge is 0.189 e. The van der Waals surface area contributed by atoms with Gasteiger partial charge in [0.05, 0.1) is 0 Å². The number of aromatic nitrogens is 3. The standard InChI is InChI=1S/C19H19N3S/c1-2-13-8-10-15(11-9-13)18-20-19(22-21-18)23-17-12-16(17)14-6-4-3-5-7-14/h3-11,16-17H,2,12H2,1H3,(H,20,21,22). The number of nitrogens with zero attached hydrogens (tertiary/aromatic N) is 2. The van der Waals surface area contributed by atoms with E-state index in [1.165, 1.54) is 17.5 Å². The molecule has 3 nitrogen and oxygen atoms in total. The largest absolute Gasteiger partial charge is 0.316 e. The first kappa shape index (κ1) is 14.5. The molecule has 1 aliphatic carbocycles. The van der Waals surface area contributed by atoms with Gasteiger partial charge in [0.1, 0.15) is 0 Å². The highest BCUT2D eigenvalue weighted by Crippen LogP contribution is 2.50. The van der Waals surface area contributed by atoms with Gasteiger partial charge < -0.3 is 4.98 Å². The third-order valence-electron chi connectivity index (χ3n) is 4.32. The molecule has 4 heteroatoms. The lowest BCUT2D eigenvalue weighted by Gasteiger charge is -1.99. The van der Waals surface area contributed by atoms with Crippen molar-refractivity contribution in [1.82, 2.24) is 15.2 Å². The molecule has 2 aromatic carbocycles. The van der Waals surface area contributed by atoms with Crippen molar-refractivity contribution in [1.29, 1.82) is 0 Å². The molecule has 0 bridgehead atoms. The van der Waals surface area contributed by atoms with Gasteiger partial charge >= 0.3 is 0 Å². The summed E-state index contributed by atoms with van der Waals surface area (Å²) in [7, 11) is 0. The second kappa shape index (κ2) is 6.20. The minimum absolute atomic E-state index is 0.612. The van der Waals surface area contributed by atoms with Crippen LogP contribution in [-0.4, -0.2) is 20.4 Å². The van der Waals surface area contributed by atoms with Crippen molar-refractivity contribution in [2.75, 3.05) is 0 Å². The Balaban J connectivity index is 1.43. The molecular weight excluding hydrogens is 302 g/mol. The van der Waals surface area contributed by atoms with E-state index in [-0.39, 0.29) is 0 Å². The Labute approximate surface area is 140 Å². The van der Waals surface area contributed by atoms with Crippen LogP contribution in [0.25, 0.3) is 11.4 Å². The lowest BCUT2D eigenvalue weighted by molar-refractivity contribution is 0.971. The molecule has 1 heterocycles. The predicted molar refractivity (Wildman–Crippen MR) is 94.6 cm³/mol. The molecule has 0 radical (unpaired) electrons. The molecule has 1 saturated carbocycles. The number of aryl methyl sites for hydroxylation is 1. The fourth-order valence-corrected chi connectivity index (χ4v) is 3.98. The van der Waals surface area contributed by atoms with Crippen LogP contribution in [0.3, 0.4) is 0 Å². The molecule has 4 rings (SSSR count). The van der Waals surface area contributed by atoms with Gasteiger partial charge in [0.25, 0.3) is 0 Å². The van der Waals surface area contributed by atoms with E-state index in [9.17, 15) is 0 Å². The number of aromatic amines is 1. The summed E-state index contributed by atoms with van der Waals surface area (Å²) in [5.41, 5.74) is 3.86. The van der Waals surface area contributed by atoms with Crippen molar-refractivity contribution in [3.8, 4) is 11.4 Å². The Morgan fingerprint density at radius 1 is 1.04 bits per heavy atom. The van der Waals surface area contributed by atoms with Crippen molar-refractivity contribution < 1.29 is 0 Å². The van der Waals surface area contributed by atoms with E-state index in [1.807, 2.05) is 0 Å². The fourth-order valence-electron chi connectivity index (χ4n) is 2.82. The van der Waals surface area contributed by atoms with Gasteiger partial charge in [0.2, 0.25) is 0 Å². The summed E-state index contributed by atoms with van der Waals surface area (Å²) < 4.78 is 0. The van der Waals surface area contributed by atoms with Gasteiger partial charge in [0.15, 0.2) is 11.0 Å². The average molecular weight is 321 g/mol. The molecule has 3 aromatic rings. The summed E-state index contributed by atoms with van der Waals surface area (Å²) in [6.45, 7) is 2.16. The summed E-state index contributed by atoms with van der Waals surface area (Å²) in [6.07, 6.45) is 2.27. The number of hydrogen-bond acceptors (Lipinski definition) is 3. The number of hydrogen-bond donors (Lipinski definition) is 1. The quantitative estimate of drug-likeness (QED) is 0.741. The normalized spacial score (nSPS) is 19.7. The second-order valence-electron chi connectivity index (χ2n) is 5.94. The maximum atomic E-state index is 4.30. The Bertz CT molecular complexity index is 780. The highest BCUT2D eigenvalue weighted by atomic mass is 32.2. The maximum Gasteiger partial charge on any atom is 0.189 e. The Kier molecular flexibility index (Phi) is 3.92. The van der Waals surface area contributed by atoms with Gasteiger partial charge in [-0.25, -0.2) is 0 Å². The van der Waals surface area contributed by atoms with Crippen molar-refractivity contribution in [2.24, 2.45) is 0 Å². The minimum Gasteiger partial charge on any atom is -0.316 e. The molecule has 0 aliphatic heterocycles. The number of H-pyrrole nitrogens is 1. The summed E-state index contributed by atoms with van der Waals surface area (Å²) in [6, 6.07) is 19.2. The average Bonchev–Trinajstić information content (AvgIpc) is 3.22. The SMILES string of the molecule is CCc1ccc(-c2nnc(SC3CC3c3ccccc3)[nH]2)cc1. The molecule has 1 fully saturated rings. The molecule has 0 spiro atoms. The van der Waals surface area contributed by atoms with Gasteiger partial charge in [-0.05, 0) is 29.9 Å². The van der Waals surface area contributed by atoms with Crippen LogP contribution in [0.5, 0.6) is 0 Å². The van der Waals surface area contributed by atoms with E-state index in [1.54, 1.807) is 11.8 Å². The summed E-state index contributed by atoms with van der Waals surface area (Å²) in [5.74, 6) is 1.51. The van der Waals surface area contributed by atoms with Crippen molar-refractivity contribution >= 4 is 11.8 Å². The van der Waals surface area contributed by atoms with Crippen LogP contribution >= 0.6 is 11.8 Å². The highest BCUT2D eigenvalue weighted by Gasteiger charge is 2.39. The van der Waals surface area contributed by atoms with Crippen molar-refractivity contribution in [3.05, 3.63) is 65.7 Å². The first-order chi connectivity index (χ1) is 11.3. The molecule has 2 atom stereocenters. The second-order valence-corrected chi connectivity index (χ2v) is 7.17. The molecule has 0 saturated heterocycles. The van der Waals surface area contributed by atoms with Gasteiger partial charge in [-0.15, -0.1) is 10.2 Å². The molecule has 0 amide bonds. The Morgan fingerprint density at radius 2 is 1.83 bits per heavy atom. The van der Waals surface area contributed by atoms with Crippen LogP contribution in [0.2, 0.25) is 0 Å². The van der Waals surface area contributed by atoms with E-state index in [4.69, 9.17) is 0 Å². The van der Waals surface area contributed by atoms with E-state index < -0.39 is 0 Å². The number of thioether (sulfide) groups is 1. The van der Waals surface area contributed by atoms with Crippen LogP contribution in [0.15, 0.2) is 59.8 Å². The number of nitrogens with one attached hydrogen (secondary N) is 1. The molecule has 1 aromatic heterocycles. The Morgan fingerprint density at radius 3 is 2.57 bits per heavy atom. The van der Waals surface area contributed by atoms with Gasteiger partial charge in [-0.2, -0.15) is 0 Å². The highest BCUT2D eigenvalue weighted by molar-refractivity contribution is 8.00. The van der Waals surface area contributed by atoms with Crippen molar-refractivity contribution in [3.63, 3.8) is 0 Å². The summed E-state index contributed by atoms with van der Waals surface area (Å²) >= 11 is 1.81. The zero-order valence-corrected chi connectivity index (χ0v) is 13.9. The zero-order valence-electron chi connectivity index (χ0n) is 13.1.